The fraction of sp³-hybridized carbons (Fsp3) is 0.320. The summed E-state index contributed by atoms with van der Waals surface area (Å²) in [5.74, 6) is -2.01. The number of carbonyl (C=O) groups is 5. The number of benzene rings is 4. The van der Waals surface area contributed by atoms with Crippen LogP contribution in [0.1, 0.15) is 104 Å². The second-order valence-corrected chi connectivity index (χ2v) is 15.8. The van der Waals surface area contributed by atoms with Crippen molar-refractivity contribution in [2.75, 3.05) is 63.0 Å². The van der Waals surface area contributed by atoms with Gasteiger partial charge in [-0.05, 0) is 113 Å². The van der Waals surface area contributed by atoms with E-state index in [0.29, 0.717) is 58.1 Å². The number of aliphatic imine (C=N–C) groups is 1. The molecule has 1 aliphatic heterocycles. The van der Waals surface area contributed by atoms with E-state index in [2.05, 4.69) is 68.7 Å². The third-order valence-corrected chi connectivity index (χ3v) is 11.4. The lowest BCUT2D eigenvalue weighted by molar-refractivity contribution is -0.115. The molecule has 14 nitrogen and oxygen atoms in total. The van der Waals surface area contributed by atoms with Gasteiger partial charge in [-0.1, -0.05) is 81.8 Å². The van der Waals surface area contributed by atoms with Crippen LogP contribution in [-0.2, 0) is 11.2 Å². The molecule has 1 aromatic heterocycles. The lowest BCUT2D eigenvalue weighted by Crippen LogP contribution is -2.31. The van der Waals surface area contributed by atoms with Crippen LogP contribution >= 0.6 is 0 Å². The Kier molecular flexibility index (Phi) is 16.0. The summed E-state index contributed by atoms with van der Waals surface area (Å²) in [7, 11) is 0. The summed E-state index contributed by atoms with van der Waals surface area (Å²) < 4.78 is 0. The minimum atomic E-state index is -0.457. The van der Waals surface area contributed by atoms with Gasteiger partial charge in [-0.2, -0.15) is 0 Å². The summed E-state index contributed by atoms with van der Waals surface area (Å²) in [5.41, 5.74) is 6.29. The number of nitrogens with one attached hydrogen (secondary N) is 5. The predicted molar refractivity (Wildman–Crippen MR) is 252 cm³/mol. The van der Waals surface area contributed by atoms with Crippen LogP contribution in [0.2, 0.25) is 0 Å². The predicted octanol–water partition coefficient (Wildman–Crippen LogP) is 7.04. The van der Waals surface area contributed by atoms with Gasteiger partial charge in [0.05, 0.1) is 29.0 Å². The normalized spacial score (nSPS) is 12.0. The minimum Gasteiger partial charge on any atom is -0.494 e. The van der Waals surface area contributed by atoms with Crippen molar-refractivity contribution < 1.29 is 29.1 Å². The standard InChI is InChI=1S/C50H58N8O6/c1-6-57(7-2)26-10-24-51-46(60)37-29-38(47(61)52-25-11-27-58(8-3)9-4)31-40(30-37)54-48(62)36-20-22-39(23-21-36)53-41(59)28-33-14-18-35(19-15-33)45-43-42(49(63)56-45)44(55-50(43)64)34-16-12-32(5)13-17-34/h12-23,29-31,56,63H,6-11,24-28H2,1-5H3,(H,51,60)(H,52,61)(H,53,59)(H,54,62). The van der Waals surface area contributed by atoms with E-state index in [1.165, 1.54) is 0 Å². The highest BCUT2D eigenvalue weighted by molar-refractivity contribution is 6.30. The maximum atomic E-state index is 13.5. The summed E-state index contributed by atoms with van der Waals surface area (Å²) in [6, 6.07) is 25.7. The number of aromatic nitrogens is 1. The topological polar surface area (TPSA) is 188 Å². The number of carbonyl (C=O) groups excluding carboxylic acids is 5. The first-order valence-electron chi connectivity index (χ1n) is 22.0. The lowest BCUT2D eigenvalue weighted by Gasteiger charge is -2.18. The van der Waals surface area contributed by atoms with Crippen molar-refractivity contribution in [3.8, 4) is 17.1 Å². The molecule has 4 aromatic carbocycles. The molecule has 0 atom stereocenters. The molecule has 1 aliphatic rings. The first-order valence-corrected chi connectivity index (χ1v) is 22.0. The zero-order valence-electron chi connectivity index (χ0n) is 37.3. The number of aryl methyl sites for hydroxylation is 1. The fourth-order valence-corrected chi connectivity index (χ4v) is 7.62. The molecule has 14 heteroatoms. The largest absolute Gasteiger partial charge is 0.494 e. The molecule has 0 bridgehead atoms. The average Bonchev–Trinajstić information content (AvgIpc) is 3.83. The highest BCUT2D eigenvalue weighted by Crippen LogP contribution is 2.38. The third kappa shape index (κ3) is 11.8. The first-order chi connectivity index (χ1) is 30.9. The van der Waals surface area contributed by atoms with E-state index in [-0.39, 0.29) is 41.1 Å². The highest BCUT2D eigenvalue weighted by Gasteiger charge is 2.33. The maximum Gasteiger partial charge on any atom is 0.280 e. The Hall–Kier alpha value is -6.90. The van der Waals surface area contributed by atoms with Gasteiger partial charge in [-0.25, -0.2) is 4.99 Å². The Morgan fingerprint density at radius 1 is 0.625 bits per heavy atom. The van der Waals surface area contributed by atoms with Gasteiger partial charge in [0.2, 0.25) is 5.91 Å². The van der Waals surface area contributed by atoms with E-state index >= 15 is 0 Å². The quantitative estimate of drug-likeness (QED) is 0.0424. The van der Waals surface area contributed by atoms with Crippen LogP contribution in [0, 0.1) is 6.92 Å². The molecule has 0 fully saturated rings. The molecule has 0 radical (unpaired) electrons. The van der Waals surface area contributed by atoms with Crippen molar-refractivity contribution >= 4 is 46.6 Å². The molecular formula is C50H58N8O6. The Labute approximate surface area is 374 Å². The zero-order chi connectivity index (χ0) is 45.8. The van der Waals surface area contributed by atoms with Crippen LogP contribution in [0.25, 0.3) is 11.3 Å². The maximum absolute atomic E-state index is 13.5. The SMILES string of the molecule is CCN(CC)CCCNC(=O)c1cc(NC(=O)c2ccc(NC(=O)Cc3ccc(-c4[nH]c(O)c5c4C(=O)N=C5c4ccc(C)cc4)cc3)cc2)cc(C(=O)NCCCN(CC)CC)c1. The number of anilines is 2. The van der Waals surface area contributed by atoms with Crippen molar-refractivity contribution in [1.29, 1.82) is 0 Å². The van der Waals surface area contributed by atoms with E-state index in [9.17, 15) is 29.1 Å². The molecule has 5 amide bonds. The van der Waals surface area contributed by atoms with Crippen molar-refractivity contribution in [2.45, 2.75) is 53.9 Å². The van der Waals surface area contributed by atoms with Gasteiger partial charge in [0.1, 0.15) is 0 Å². The molecule has 0 aliphatic carbocycles. The second kappa shape index (κ2) is 21.9. The zero-order valence-corrected chi connectivity index (χ0v) is 37.3. The molecular weight excluding hydrogens is 809 g/mol. The van der Waals surface area contributed by atoms with E-state index in [1.807, 2.05) is 31.2 Å². The van der Waals surface area contributed by atoms with Gasteiger partial charge >= 0.3 is 0 Å². The van der Waals surface area contributed by atoms with Gasteiger partial charge in [-0.3, -0.25) is 24.0 Å². The molecule has 0 saturated carbocycles. The summed E-state index contributed by atoms with van der Waals surface area (Å²) in [6.07, 6.45) is 1.60. The molecule has 0 unspecified atom stereocenters. The molecule has 0 spiro atoms. The second-order valence-electron chi connectivity index (χ2n) is 15.8. The number of aromatic hydroxyl groups is 1. The summed E-state index contributed by atoms with van der Waals surface area (Å²) in [4.78, 5) is 77.9. The summed E-state index contributed by atoms with van der Waals surface area (Å²) >= 11 is 0. The van der Waals surface area contributed by atoms with Gasteiger partial charge in [0.25, 0.3) is 23.6 Å². The molecule has 334 valence electrons. The van der Waals surface area contributed by atoms with Crippen LogP contribution in [0.3, 0.4) is 0 Å². The van der Waals surface area contributed by atoms with E-state index in [1.54, 1.807) is 66.7 Å². The number of H-pyrrole nitrogens is 1. The molecule has 5 aromatic rings. The van der Waals surface area contributed by atoms with Gasteiger partial charge < -0.3 is 41.2 Å². The average molecular weight is 867 g/mol. The Balaban J connectivity index is 1.07. The van der Waals surface area contributed by atoms with Crippen LogP contribution < -0.4 is 21.3 Å². The monoisotopic (exact) mass is 866 g/mol. The first kappa shape index (κ1) is 46.6. The van der Waals surface area contributed by atoms with Crippen molar-refractivity contribution in [2.24, 2.45) is 4.99 Å². The lowest BCUT2D eigenvalue weighted by atomic mass is 9.99. The number of hydrogen-bond donors (Lipinski definition) is 6. The minimum absolute atomic E-state index is 0.0574. The van der Waals surface area contributed by atoms with Crippen LogP contribution in [0.15, 0.2) is 96.0 Å². The number of amides is 5. The van der Waals surface area contributed by atoms with E-state index in [0.717, 1.165) is 68.8 Å². The Bertz CT molecular complexity index is 2430. The summed E-state index contributed by atoms with van der Waals surface area (Å²) in [6.45, 7) is 16.7. The smallest absolute Gasteiger partial charge is 0.280 e. The molecule has 0 saturated heterocycles. The Morgan fingerprint density at radius 2 is 1.17 bits per heavy atom. The number of nitrogens with zero attached hydrogens (tertiary/aromatic N) is 3. The third-order valence-electron chi connectivity index (χ3n) is 11.4. The molecule has 2 heterocycles. The van der Waals surface area contributed by atoms with Gasteiger partial charge in [0, 0.05) is 46.7 Å². The van der Waals surface area contributed by atoms with Crippen molar-refractivity contribution in [1.82, 2.24) is 25.4 Å². The van der Waals surface area contributed by atoms with Crippen LogP contribution in [0.4, 0.5) is 11.4 Å². The van der Waals surface area contributed by atoms with E-state index in [4.69, 9.17) is 0 Å². The number of hydrogen-bond acceptors (Lipinski definition) is 8. The number of aromatic amines is 1. The molecule has 64 heavy (non-hydrogen) atoms. The van der Waals surface area contributed by atoms with Gasteiger partial charge in [0.15, 0.2) is 5.88 Å². The number of rotatable bonds is 21. The molecule has 6 N–H and O–H groups in total. The van der Waals surface area contributed by atoms with Crippen LogP contribution in [0.5, 0.6) is 5.88 Å². The number of fused-ring (bicyclic) bond motifs is 1. The summed E-state index contributed by atoms with van der Waals surface area (Å²) in [5, 5.41) is 22.4. The van der Waals surface area contributed by atoms with Crippen LogP contribution in [-0.4, -0.2) is 107 Å². The van der Waals surface area contributed by atoms with Crippen molar-refractivity contribution in [3.05, 3.63) is 136 Å². The van der Waals surface area contributed by atoms with Gasteiger partial charge in [-0.15, -0.1) is 0 Å². The van der Waals surface area contributed by atoms with Crippen molar-refractivity contribution in [3.63, 3.8) is 0 Å². The Morgan fingerprint density at radius 3 is 1.72 bits per heavy atom. The fourth-order valence-electron chi connectivity index (χ4n) is 7.62. The highest BCUT2D eigenvalue weighted by atomic mass is 16.3. The van der Waals surface area contributed by atoms with E-state index < -0.39 is 11.8 Å². The molecule has 6 rings (SSSR count).